The minimum atomic E-state index is -3.47. The maximum absolute atomic E-state index is 13.0. The van der Waals surface area contributed by atoms with E-state index in [1.807, 2.05) is 26.8 Å². The lowest BCUT2D eigenvalue weighted by molar-refractivity contribution is -0.129. The Kier molecular flexibility index (Phi) is 9.20. The molecule has 1 aliphatic rings. The van der Waals surface area contributed by atoms with E-state index in [0.29, 0.717) is 30.6 Å². The molecule has 2 atom stereocenters. The van der Waals surface area contributed by atoms with Crippen LogP contribution in [0.3, 0.4) is 0 Å². The molecule has 1 unspecified atom stereocenters. The van der Waals surface area contributed by atoms with E-state index in [4.69, 9.17) is 0 Å². The Morgan fingerprint density at radius 2 is 2.00 bits per heavy atom. The van der Waals surface area contributed by atoms with E-state index in [2.05, 4.69) is 10.6 Å². The molecule has 0 spiro atoms. The molecule has 1 saturated heterocycles. The van der Waals surface area contributed by atoms with Gasteiger partial charge in [-0.1, -0.05) is 20.8 Å². The zero-order valence-electron chi connectivity index (χ0n) is 18.6. The third-order valence-electron chi connectivity index (χ3n) is 5.09. The lowest BCUT2D eigenvalue weighted by atomic mass is 10.0. The van der Waals surface area contributed by atoms with Gasteiger partial charge < -0.3 is 10.6 Å². The van der Waals surface area contributed by atoms with Crippen molar-refractivity contribution >= 4 is 39.0 Å². The summed E-state index contributed by atoms with van der Waals surface area (Å²) in [7, 11) is -3.47. The maximum atomic E-state index is 13.0. The topological polar surface area (TPSA) is 113 Å². The Hall–Kier alpha value is -1.78. The molecule has 174 valence electrons. The molecule has 2 N–H and O–H groups in total. The highest BCUT2D eigenvalue weighted by atomic mass is 32.2. The standard InChI is InChI=1S/C21H33N3O5S2/c1-5-11-31(28,29)24-10-6-7-16(18(25)13-24)22-20(26)17(12-14(2)3)23-21(27)19-9-8-15(4)30-19/h8-9,14,16-17H,5-7,10-13H2,1-4H3,(H,22,26)(H,23,27)/t16?,17-/m0/s1. The van der Waals surface area contributed by atoms with Gasteiger partial charge in [-0.25, -0.2) is 8.42 Å². The van der Waals surface area contributed by atoms with Crippen LogP contribution < -0.4 is 10.6 Å². The molecule has 31 heavy (non-hydrogen) atoms. The van der Waals surface area contributed by atoms with Crippen molar-refractivity contribution in [2.24, 2.45) is 5.92 Å². The number of nitrogens with zero attached hydrogens (tertiary/aromatic N) is 1. The average Bonchev–Trinajstić information content (AvgIpc) is 3.02. The van der Waals surface area contributed by atoms with Gasteiger partial charge in [-0.05, 0) is 50.7 Å². The van der Waals surface area contributed by atoms with Crippen LogP contribution in [0.2, 0.25) is 0 Å². The first-order chi connectivity index (χ1) is 14.5. The van der Waals surface area contributed by atoms with Crippen molar-refractivity contribution in [1.82, 2.24) is 14.9 Å². The first-order valence-corrected chi connectivity index (χ1v) is 13.1. The van der Waals surface area contributed by atoms with Crippen LogP contribution in [-0.4, -0.2) is 61.2 Å². The fourth-order valence-corrected chi connectivity index (χ4v) is 5.81. The van der Waals surface area contributed by atoms with Gasteiger partial charge in [0.1, 0.15) is 6.04 Å². The van der Waals surface area contributed by atoms with E-state index < -0.39 is 28.0 Å². The lowest BCUT2D eigenvalue weighted by Gasteiger charge is -2.23. The molecule has 1 aromatic rings. The zero-order valence-corrected chi connectivity index (χ0v) is 20.3. The monoisotopic (exact) mass is 471 g/mol. The summed E-state index contributed by atoms with van der Waals surface area (Å²) >= 11 is 1.35. The highest BCUT2D eigenvalue weighted by molar-refractivity contribution is 7.89. The fourth-order valence-electron chi connectivity index (χ4n) is 3.53. The number of hydrogen-bond acceptors (Lipinski definition) is 6. The first kappa shape index (κ1) is 25.5. The second kappa shape index (κ2) is 11.2. The smallest absolute Gasteiger partial charge is 0.262 e. The van der Waals surface area contributed by atoms with Gasteiger partial charge in [-0.15, -0.1) is 11.3 Å². The minimum Gasteiger partial charge on any atom is -0.344 e. The number of ketones is 1. The van der Waals surface area contributed by atoms with E-state index in [9.17, 15) is 22.8 Å². The molecular weight excluding hydrogens is 438 g/mol. The van der Waals surface area contributed by atoms with Gasteiger partial charge in [0, 0.05) is 11.4 Å². The van der Waals surface area contributed by atoms with Gasteiger partial charge in [-0.2, -0.15) is 4.31 Å². The first-order valence-electron chi connectivity index (χ1n) is 10.7. The Morgan fingerprint density at radius 1 is 1.29 bits per heavy atom. The lowest BCUT2D eigenvalue weighted by Crippen LogP contribution is -2.52. The number of rotatable bonds is 9. The number of carbonyl (C=O) groups is 3. The largest absolute Gasteiger partial charge is 0.344 e. The average molecular weight is 472 g/mol. The predicted octanol–water partition coefficient (Wildman–Crippen LogP) is 2.09. The van der Waals surface area contributed by atoms with Crippen LogP contribution in [0.25, 0.3) is 0 Å². The van der Waals surface area contributed by atoms with E-state index in [1.54, 1.807) is 13.0 Å². The van der Waals surface area contributed by atoms with Crippen LogP contribution in [0.1, 0.15) is 61.0 Å². The SMILES string of the molecule is CCCS(=O)(=O)N1CCCC(NC(=O)[C@H](CC(C)C)NC(=O)c2ccc(C)s2)C(=O)C1. The molecule has 1 fully saturated rings. The number of sulfonamides is 1. The molecule has 0 aliphatic carbocycles. The number of carbonyl (C=O) groups excluding carboxylic acids is 3. The fraction of sp³-hybridized carbons (Fsp3) is 0.667. The van der Waals surface area contributed by atoms with Crippen molar-refractivity contribution < 1.29 is 22.8 Å². The number of hydrogen-bond donors (Lipinski definition) is 2. The summed E-state index contributed by atoms with van der Waals surface area (Å²) in [6.07, 6.45) is 1.76. The summed E-state index contributed by atoms with van der Waals surface area (Å²) in [6, 6.07) is 2.04. The van der Waals surface area contributed by atoms with Crippen LogP contribution in [-0.2, 0) is 19.6 Å². The van der Waals surface area contributed by atoms with Crippen LogP contribution in [0, 0.1) is 12.8 Å². The molecule has 2 rings (SSSR count). The number of Topliss-reactive ketones (excluding diaryl/α,β-unsaturated/α-hetero) is 1. The van der Waals surface area contributed by atoms with Crippen molar-refractivity contribution in [2.45, 2.75) is 65.5 Å². The van der Waals surface area contributed by atoms with E-state index in [1.165, 1.54) is 15.6 Å². The molecule has 8 nitrogen and oxygen atoms in total. The van der Waals surface area contributed by atoms with Crippen LogP contribution in [0.4, 0.5) is 0 Å². The highest BCUT2D eigenvalue weighted by Crippen LogP contribution is 2.17. The second-order valence-corrected chi connectivity index (χ2v) is 11.8. The summed E-state index contributed by atoms with van der Waals surface area (Å²) < 4.78 is 25.9. The van der Waals surface area contributed by atoms with Crippen LogP contribution in [0.5, 0.6) is 0 Å². The second-order valence-electron chi connectivity index (χ2n) is 8.39. The Balaban J connectivity index is 2.06. The molecular formula is C21H33N3O5S2. The highest BCUT2D eigenvalue weighted by Gasteiger charge is 2.33. The van der Waals surface area contributed by atoms with Crippen molar-refractivity contribution in [3.8, 4) is 0 Å². The Labute approximate surface area is 188 Å². The van der Waals surface area contributed by atoms with Gasteiger partial charge in [-0.3, -0.25) is 14.4 Å². The van der Waals surface area contributed by atoms with Crippen LogP contribution >= 0.6 is 11.3 Å². The quantitative estimate of drug-likeness (QED) is 0.573. The van der Waals surface area contributed by atoms with Crippen molar-refractivity contribution in [2.75, 3.05) is 18.8 Å². The molecule has 10 heteroatoms. The number of aryl methyl sites for hydroxylation is 1. The summed E-state index contributed by atoms with van der Waals surface area (Å²) in [6.45, 7) is 7.62. The van der Waals surface area contributed by atoms with E-state index in [-0.39, 0.29) is 36.5 Å². The predicted molar refractivity (Wildman–Crippen MR) is 122 cm³/mol. The molecule has 0 radical (unpaired) electrons. The minimum absolute atomic E-state index is 0.00198. The third kappa shape index (κ3) is 7.40. The van der Waals surface area contributed by atoms with Crippen molar-refractivity contribution in [3.63, 3.8) is 0 Å². The summed E-state index contributed by atoms with van der Waals surface area (Å²) in [5, 5.41) is 5.55. The van der Waals surface area contributed by atoms with Crippen molar-refractivity contribution in [3.05, 3.63) is 21.9 Å². The maximum Gasteiger partial charge on any atom is 0.262 e. The van der Waals surface area contributed by atoms with Gasteiger partial charge >= 0.3 is 0 Å². The summed E-state index contributed by atoms with van der Waals surface area (Å²) in [4.78, 5) is 39.7. The van der Waals surface area contributed by atoms with E-state index >= 15 is 0 Å². The van der Waals surface area contributed by atoms with E-state index in [0.717, 1.165) is 4.88 Å². The van der Waals surface area contributed by atoms with Gasteiger partial charge in [0.25, 0.3) is 5.91 Å². The van der Waals surface area contributed by atoms with Gasteiger partial charge in [0.2, 0.25) is 15.9 Å². The molecule has 0 aromatic carbocycles. The van der Waals surface area contributed by atoms with Gasteiger partial charge in [0.05, 0.1) is 23.2 Å². The number of nitrogens with one attached hydrogen (secondary N) is 2. The molecule has 1 aromatic heterocycles. The third-order valence-corrected chi connectivity index (χ3v) is 8.11. The number of amides is 2. The van der Waals surface area contributed by atoms with Crippen LogP contribution in [0.15, 0.2) is 12.1 Å². The normalized spacial score (nSPS) is 19.1. The molecule has 0 bridgehead atoms. The molecule has 1 aliphatic heterocycles. The molecule has 0 saturated carbocycles. The zero-order chi connectivity index (χ0) is 23.2. The number of thiophene rings is 1. The van der Waals surface area contributed by atoms with Gasteiger partial charge in [0.15, 0.2) is 5.78 Å². The Bertz CT molecular complexity index is 895. The Morgan fingerprint density at radius 3 is 2.58 bits per heavy atom. The summed E-state index contributed by atoms with van der Waals surface area (Å²) in [5.74, 6) is -0.904. The summed E-state index contributed by atoms with van der Waals surface area (Å²) in [5.41, 5.74) is 0. The molecule has 2 amide bonds. The molecule has 2 heterocycles. The van der Waals surface area contributed by atoms with Crippen molar-refractivity contribution in [1.29, 1.82) is 0 Å².